The summed E-state index contributed by atoms with van der Waals surface area (Å²) in [5, 5.41) is 3.84. The monoisotopic (exact) mass is 290 g/mol. The van der Waals surface area contributed by atoms with Gasteiger partial charge in [-0.15, -0.1) is 0 Å². The van der Waals surface area contributed by atoms with Crippen LogP contribution in [0.2, 0.25) is 5.02 Å². The minimum absolute atomic E-state index is 0.337. The van der Waals surface area contributed by atoms with Gasteiger partial charge >= 0.3 is 5.97 Å². The number of esters is 1. The molecule has 0 aliphatic carbocycles. The number of pyridine rings is 1. The number of hydrogen-bond acceptors (Lipinski definition) is 4. The molecule has 5 heteroatoms. The third kappa shape index (κ3) is 3.48. The molecule has 1 aromatic heterocycles. The minimum atomic E-state index is -0.383. The van der Waals surface area contributed by atoms with Crippen molar-refractivity contribution in [2.24, 2.45) is 0 Å². The number of carbonyl (C=O) groups is 1. The molecule has 20 heavy (non-hydrogen) atoms. The van der Waals surface area contributed by atoms with Gasteiger partial charge in [0.05, 0.1) is 24.1 Å². The van der Waals surface area contributed by atoms with Gasteiger partial charge in [0, 0.05) is 16.9 Å². The minimum Gasteiger partial charge on any atom is -0.462 e. The van der Waals surface area contributed by atoms with E-state index >= 15 is 0 Å². The van der Waals surface area contributed by atoms with Crippen LogP contribution in [0.5, 0.6) is 0 Å². The summed E-state index contributed by atoms with van der Waals surface area (Å²) < 4.78 is 4.95. The van der Waals surface area contributed by atoms with Crippen LogP contribution in [0.15, 0.2) is 36.7 Å². The fourth-order valence-corrected chi connectivity index (χ4v) is 1.89. The van der Waals surface area contributed by atoms with Crippen LogP contribution in [0.4, 0.5) is 11.4 Å². The van der Waals surface area contributed by atoms with Crippen molar-refractivity contribution in [3.05, 3.63) is 52.8 Å². The zero-order chi connectivity index (χ0) is 14.5. The zero-order valence-corrected chi connectivity index (χ0v) is 12.1. The van der Waals surface area contributed by atoms with Crippen LogP contribution in [0.3, 0.4) is 0 Å². The molecule has 1 N–H and O–H groups in total. The first-order valence-corrected chi connectivity index (χ1v) is 6.63. The number of carbonyl (C=O) groups excluding carboxylic acids is 1. The molecule has 0 aliphatic rings. The van der Waals surface area contributed by atoms with Gasteiger partial charge in [-0.3, -0.25) is 4.98 Å². The van der Waals surface area contributed by atoms with Crippen LogP contribution < -0.4 is 5.32 Å². The van der Waals surface area contributed by atoms with E-state index in [9.17, 15) is 4.79 Å². The van der Waals surface area contributed by atoms with Crippen molar-refractivity contribution in [3.63, 3.8) is 0 Å². The first kappa shape index (κ1) is 14.3. The fraction of sp³-hybridized carbons (Fsp3) is 0.200. The first-order chi connectivity index (χ1) is 9.60. The summed E-state index contributed by atoms with van der Waals surface area (Å²) in [5.74, 6) is -0.383. The van der Waals surface area contributed by atoms with Crippen LogP contribution in [0.25, 0.3) is 0 Å². The molecule has 0 bridgehead atoms. The summed E-state index contributed by atoms with van der Waals surface area (Å²) >= 11 is 5.98. The van der Waals surface area contributed by atoms with Crippen molar-refractivity contribution in [3.8, 4) is 0 Å². The van der Waals surface area contributed by atoms with Gasteiger partial charge in [-0.1, -0.05) is 17.7 Å². The normalized spacial score (nSPS) is 10.2. The molecule has 0 spiro atoms. The second kappa shape index (κ2) is 6.39. The molecule has 0 saturated carbocycles. The molecule has 0 atom stereocenters. The summed E-state index contributed by atoms with van der Waals surface area (Å²) in [5.41, 5.74) is 3.05. The topological polar surface area (TPSA) is 51.2 Å². The number of hydrogen-bond donors (Lipinski definition) is 1. The van der Waals surface area contributed by atoms with Gasteiger partial charge in [-0.25, -0.2) is 4.79 Å². The van der Waals surface area contributed by atoms with Gasteiger partial charge in [0.25, 0.3) is 0 Å². The number of halogens is 1. The molecule has 0 radical (unpaired) electrons. The van der Waals surface area contributed by atoms with Gasteiger partial charge < -0.3 is 10.1 Å². The molecule has 1 aromatic carbocycles. The average molecular weight is 291 g/mol. The average Bonchev–Trinajstić information content (AvgIpc) is 2.43. The summed E-state index contributed by atoms with van der Waals surface area (Å²) in [6.07, 6.45) is 3.12. The van der Waals surface area contributed by atoms with Gasteiger partial charge in [0.2, 0.25) is 0 Å². The van der Waals surface area contributed by atoms with Crippen molar-refractivity contribution in [2.45, 2.75) is 13.8 Å². The van der Waals surface area contributed by atoms with Gasteiger partial charge in [0.1, 0.15) is 0 Å². The standard InChI is InChI=1S/C15H15ClN2O2/c1-3-20-15(19)11-6-13(9-17-8-11)18-14-7-12(16)5-4-10(14)2/h4-9,18H,3H2,1-2H3. The molecule has 0 unspecified atom stereocenters. The Labute approximate surface area is 122 Å². The van der Waals surface area contributed by atoms with E-state index in [1.165, 1.54) is 6.20 Å². The predicted molar refractivity (Wildman–Crippen MR) is 79.7 cm³/mol. The molecule has 2 rings (SSSR count). The van der Waals surface area contributed by atoms with E-state index in [4.69, 9.17) is 16.3 Å². The lowest BCUT2D eigenvalue weighted by Crippen LogP contribution is -2.05. The Morgan fingerprint density at radius 1 is 1.35 bits per heavy atom. The number of aryl methyl sites for hydroxylation is 1. The highest BCUT2D eigenvalue weighted by molar-refractivity contribution is 6.30. The van der Waals surface area contributed by atoms with Crippen molar-refractivity contribution in [1.29, 1.82) is 0 Å². The fourth-order valence-electron chi connectivity index (χ4n) is 1.72. The summed E-state index contributed by atoms with van der Waals surface area (Å²) in [4.78, 5) is 15.7. The number of anilines is 2. The number of aromatic nitrogens is 1. The summed E-state index contributed by atoms with van der Waals surface area (Å²) in [7, 11) is 0. The Morgan fingerprint density at radius 2 is 2.15 bits per heavy atom. The van der Waals surface area contributed by atoms with Gasteiger partial charge in [-0.2, -0.15) is 0 Å². The van der Waals surface area contributed by atoms with E-state index in [1.807, 2.05) is 25.1 Å². The number of ether oxygens (including phenoxy) is 1. The molecule has 4 nitrogen and oxygen atoms in total. The Bertz CT molecular complexity index is 629. The Hall–Kier alpha value is -2.07. The van der Waals surface area contributed by atoms with Gasteiger partial charge in [0.15, 0.2) is 0 Å². The van der Waals surface area contributed by atoms with E-state index < -0.39 is 0 Å². The second-order valence-electron chi connectivity index (χ2n) is 4.27. The van der Waals surface area contributed by atoms with Gasteiger partial charge in [-0.05, 0) is 37.6 Å². The Kier molecular flexibility index (Phi) is 4.58. The van der Waals surface area contributed by atoms with Crippen molar-refractivity contribution in [2.75, 3.05) is 11.9 Å². The summed E-state index contributed by atoms with van der Waals surface area (Å²) in [6, 6.07) is 7.28. The number of nitrogens with one attached hydrogen (secondary N) is 1. The molecule has 104 valence electrons. The maximum absolute atomic E-state index is 11.7. The van der Waals surface area contributed by atoms with E-state index in [0.29, 0.717) is 22.9 Å². The SMILES string of the molecule is CCOC(=O)c1cncc(Nc2cc(Cl)ccc2C)c1. The quantitative estimate of drug-likeness (QED) is 0.866. The molecular formula is C15H15ClN2O2. The lowest BCUT2D eigenvalue weighted by molar-refractivity contribution is 0.0526. The van der Waals surface area contributed by atoms with Crippen LogP contribution in [-0.4, -0.2) is 17.6 Å². The van der Waals surface area contributed by atoms with E-state index in [2.05, 4.69) is 10.3 Å². The van der Waals surface area contributed by atoms with Crippen LogP contribution in [-0.2, 0) is 4.74 Å². The van der Waals surface area contributed by atoms with E-state index in [-0.39, 0.29) is 5.97 Å². The molecule has 0 aliphatic heterocycles. The molecule has 0 fully saturated rings. The first-order valence-electron chi connectivity index (χ1n) is 6.25. The zero-order valence-electron chi connectivity index (χ0n) is 11.3. The highest BCUT2D eigenvalue weighted by Crippen LogP contribution is 2.24. The number of nitrogens with zero attached hydrogens (tertiary/aromatic N) is 1. The maximum atomic E-state index is 11.7. The smallest absolute Gasteiger partial charge is 0.339 e. The molecular weight excluding hydrogens is 276 g/mol. The molecule has 0 amide bonds. The van der Waals surface area contributed by atoms with Crippen molar-refractivity contribution in [1.82, 2.24) is 4.98 Å². The number of rotatable bonds is 4. The van der Waals surface area contributed by atoms with Crippen molar-refractivity contribution < 1.29 is 9.53 Å². The van der Waals surface area contributed by atoms with Crippen LogP contribution in [0.1, 0.15) is 22.8 Å². The molecule has 2 aromatic rings. The lowest BCUT2D eigenvalue weighted by Gasteiger charge is -2.10. The number of benzene rings is 1. The molecule has 1 heterocycles. The van der Waals surface area contributed by atoms with Crippen LogP contribution in [0, 0.1) is 6.92 Å². The van der Waals surface area contributed by atoms with E-state index in [0.717, 1.165) is 11.3 Å². The highest BCUT2D eigenvalue weighted by atomic mass is 35.5. The maximum Gasteiger partial charge on any atom is 0.339 e. The third-order valence-electron chi connectivity index (χ3n) is 2.73. The Balaban J connectivity index is 2.23. The van der Waals surface area contributed by atoms with Crippen molar-refractivity contribution >= 4 is 28.9 Å². The van der Waals surface area contributed by atoms with E-state index in [1.54, 1.807) is 19.2 Å². The largest absolute Gasteiger partial charge is 0.462 e. The lowest BCUT2D eigenvalue weighted by atomic mass is 10.2. The van der Waals surface area contributed by atoms with Crippen LogP contribution >= 0.6 is 11.6 Å². The molecule has 0 saturated heterocycles. The third-order valence-corrected chi connectivity index (χ3v) is 2.96. The summed E-state index contributed by atoms with van der Waals surface area (Å²) in [6.45, 7) is 4.08. The predicted octanol–water partition coefficient (Wildman–Crippen LogP) is 3.96. The second-order valence-corrected chi connectivity index (χ2v) is 4.70. The Morgan fingerprint density at radius 3 is 2.90 bits per heavy atom. The highest BCUT2D eigenvalue weighted by Gasteiger charge is 2.08.